The van der Waals surface area contributed by atoms with Gasteiger partial charge < -0.3 is 10.2 Å². The van der Waals surface area contributed by atoms with Gasteiger partial charge in [-0.25, -0.2) is 4.98 Å². The Morgan fingerprint density at radius 3 is 2.58 bits per heavy atom. The standard InChI is InChI=1S/C15H23N3O/c1-10-7-16-14(6-13(10)15(3,4)5)17-12-8-18(9-12)11(2)19/h6-7,12H,8-9H2,1-5H3,(H,16,17). The molecule has 4 nitrogen and oxygen atoms in total. The zero-order chi connectivity index (χ0) is 14.2. The molecule has 0 radical (unpaired) electrons. The molecule has 0 spiro atoms. The molecule has 0 unspecified atom stereocenters. The van der Waals surface area contributed by atoms with Gasteiger partial charge in [0.15, 0.2) is 0 Å². The lowest BCUT2D eigenvalue weighted by Gasteiger charge is -2.39. The van der Waals surface area contributed by atoms with E-state index in [1.165, 1.54) is 11.1 Å². The second kappa shape index (κ2) is 4.83. The van der Waals surface area contributed by atoms with Crippen molar-refractivity contribution in [2.45, 2.75) is 46.1 Å². The smallest absolute Gasteiger partial charge is 0.219 e. The average molecular weight is 261 g/mol. The largest absolute Gasteiger partial charge is 0.364 e. The van der Waals surface area contributed by atoms with Crippen LogP contribution in [-0.4, -0.2) is 34.9 Å². The van der Waals surface area contributed by atoms with Crippen molar-refractivity contribution in [3.63, 3.8) is 0 Å². The van der Waals surface area contributed by atoms with Crippen molar-refractivity contribution in [3.8, 4) is 0 Å². The molecule has 0 aromatic carbocycles. The van der Waals surface area contributed by atoms with Crippen LogP contribution in [0.25, 0.3) is 0 Å². The Bertz CT molecular complexity index is 485. The Labute approximate surface area is 115 Å². The van der Waals surface area contributed by atoms with Crippen molar-refractivity contribution in [1.29, 1.82) is 0 Å². The van der Waals surface area contributed by atoms with Gasteiger partial charge in [0.1, 0.15) is 5.82 Å². The SMILES string of the molecule is CC(=O)N1CC(Nc2cc(C(C)(C)C)c(C)cn2)C1. The molecule has 0 bridgehead atoms. The monoisotopic (exact) mass is 261 g/mol. The van der Waals surface area contributed by atoms with E-state index in [-0.39, 0.29) is 11.3 Å². The molecule has 1 aromatic heterocycles. The van der Waals surface area contributed by atoms with Crippen LogP contribution in [0.3, 0.4) is 0 Å². The van der Waals surface area contributed by atoms with E-state index >= 15 is 0 Å². The zero-order valence-corrected chi connectivity index (χ0v) is 12.4. The first kappa shape index (κ1) is 13.8. The molecule has 2 heterocycles. The van der Waals surface area contributed by atoms with E-state index < -0.39 is 0 Å². The summed E-state index contributed by atoms with van der Waals surface area (Å²) in [7, 11) is 0. The summed E-state index contributed by atoms with van der Waals surface area (Å²) in [6.07, 6.45) is 1.92. The van der Waals surface area contributed by atoms with Gasteiger partial charge in [0.05, 0.1) is 6.04 Å². The highest BCUT2D eigenvalue weighted by Gasteiger charge is 2.28. The molecule has 1 fully saturated rings. The van der Waals surface area contributed by atoms with Crippen LogP contribution in [0.5, 0.6) is 0 Å². The molecule has 1 N–H and O–H groups in total. The summed E-state index contributed by atoms with van der Waals surface area (Å²) in [5.74, 6) is 1.05. The number of likely N-dealkylation sites (tertiary alicyclic amines) is 1. The average Bonchev–Trinajstić information content (AvgIpc) is 2.22. The normalized spacial score (nSPS) is 16.2. The predicted octanol–water partition coefficient (Wildman–Crippen LogP) is 2.33. The van der Waals surface area contributed by atoms with Crippen LogP contribution >= 0.6 is 0 Å². The summed E-state index contributed by atoms with van der Waals surface area (Å²) >= 11 is 0. The van der Waals surface area contributed by atoms with E-state index in [1.807, 2.05) is 11.1 Å². The third-order valence-corrected chi connectivity index (χ3v) is 3.59. The lowest BCUT2D eigenvalue weighted by Crippen LogP contribution is -2.56. The van der Waals surface area contributed by atoms with E-state index in [2.05, 4.69) is 44.1 Å². The highest BCUT2D eigenvalue weighted by molar-refractivity contribution is 5.74. The maximum Gasteiger partial charge on any atom is 0.219 e. The van der Waals surface area contributed by atoms with Crippen molar-refractivity contribution in [2.75, 3.05) is 18.4 Å². The Kier molecular flexibility index (Phi) is 3.52. The predicted molar refractivity (Wildman–Crippen MR) is 77.3 cm³/mol. The van der Waals surface area contributed by atoms with Crippen LogP contribution in [0.2, 0.25) is 0 Å². The third kappa shape index (κ3) is 3.06. The second-order valence-electron chi connectivity index (χ2n) is 6.40. The van der Waals surface area contributed by atoms with E-state index in [4.69, 9.17) is 0 Å². The lowest BCUT2D eigenvalue weighted by atomic mass is 9.85. The Morgan fingerprint density at radius 2 is 2.05 bits per heavy atom. The highest BCUT2D eigenvalue weighted by Crippen LogP contribution is 2.27. The lowest BCUT2D eigenvalue weighted by molar-refractivity contribution is -0.132. The van der Waals surface area contributed by atoms with Gasteiger partial charge in [-0.1, -0.05) is 20.8 Å². The zero-order valence-electron chi connectivity index (χ0n) is 12.4. The topological polar surface area (TPSA) is 45.2 Å². The summed E-state index contributed by atoms with van der Waals surface area (Å²) in [5, 5.41) is 3.40. The molecule has 1 aromatic rings. The van der Waals surface area contributed by atoms with Gasteiger partial charge in [-0.3, -0.25) is 4.79 Å². The van der Waals surface area contributed by atoms with Crippen LogP contribution in [0.4, 0.5) is 5.82 Å². The van der Waals surface area contributed by atoms with E-state index in [0.717, 1.165) is 18.9 Å². The van der Waals surface area contributed by atoms with Gasteiger partial charge in [0.2, 0.25) is 5.91 Å². The number of carbonyl (C=O) groups excluding carboxylic acids is 1. The molecule has 4 heteroatoms. The number of amides is 1. The number of rotatable bonds is 2. The van der Waals surface area contributed by atoms with Crippen LogP contribution in [0.15, 0.2) is 12.3 Å². The van der Waals surface area contributed by atoms with Crippen molar-refractivity contribution >= 4 is 11.7 Å². The quantitative estimate of drug-likeness (QED) is 0.888. The van der Waals surface area contributed by atoms with Gasteiger partial charge in [0, 0.05) is 26.2 Å². The molecular weight excluding hydrogens is 238 g/mol. The number of anilines is 1. The van der Waals surface area contributed by atoms with Crippen molar-refractivity contribution in [2.24, 2.45) is 0 Å². The van der Waals surface area contributed by atoms with Gasteiger partial charge in [-0.2, -0.15) is 0 Å². The molecule has 0 saturated carbocycles. The Balaban J connectivity index is 2.05. The third-order valence-electron chi connectivity index (χ3n) is 3.59. The van der Waals surface area contributed by atoms with Crippen LogP contribution in [0.1, 0.15) is 38.8 Å². The molecule has 0 aliphatic carbocycles. The number of nitrogens with one attached hydrogen (secondary N) is 1. The van der Waals surface area contributed by atoms with Crippen LogP contribution < -0.4 is 5.32 Å². The molecule has 1 amide bonds. The minimum Gasteiger partial charge on any atom is -0.364 e. The number of aromatic nitrogens is 1. The number of pyridine rings is 1. The Hall–Kier alpha value is -1.58. The van der Waals surface area contributed by atoms with Gasteiger partial charge in [-0.05, 0) is 29.5 Å². The summed E-state index contributed by atoms with van der Waals surface area (Å²) < 4.78 is 0. The molecule has 1 aliphatic heterocycles. The van der Waals surface area contributed by atoms with Gasteiger partial charge in [0.25, 0.3) is 0 Å². The van der Waals surface area contributed by atoms with Gasteiger partial charge >= 0.3 is 0 Å². The van der Waals surface area contributed by atoms with E-state index in [9.17, 15) is 4.79 Å². The number of carbonyl (C=O) groups is 1. The van der Waals surface area contributed by atoms with Crippen LogP contribution in [-0.2, 0) is 10.2 Å². The summed E-state index contributed by atoms with van der Waals surface area (Å²) in [6, 6.07) is 2.46. The fourth-order valence-electron chi connectivity index (χ4n) is 2.45. The van der Waals surface area contributed by atoms with Crippen molar-refractivity contribution < 1.29 is 4.79 Å². The van der Waals surface area contributed by atoms with E-state index in [0.29, 0.717) is 6.04 Å². The first-order valence-electron chi connectivity index (χ1n) is 6.76. The molecular formula is C15H23N3O. The minimum atomic E-state index is 0.120. The maximum atomic E-state index is 11.1. The number of nitrogens with zero attached hydrogens (tertiary/aromatic N) is 2. The second-order valence-corrected chi connectivity index (χ2v) is 6.40. The molecule has 2 rings (SSSR count). The van der Waals surface area contributed by atoms with Crippen LogP contribution in [0, 0.1) is 6.92 Å². The summed E-state index contributed by atoms with van der Waals surface area (Å²) in [4.78, 5) is 17.4. The molecule has 1 aliphatic rings. The molecule has 104 valence electrons. The number of hydrogen-bond acceptors (Lipinski definition) is 3. The number of aryl methyl sites for hydroxylation is 1. The molecule has 1 saturated heterocycles. The fourth-order valence-corrected chi connectivity index (χ4v) is 2.45. The number of hydrogen-bond donors (Lipinski definition) is 1. The summed E-state index contributed by atoms with van der Waals surface area (Å²) in [6.45, 7) is 11.9. The molecule has 19 heavy (non-hydrogen) atoms. The Morgan fingerprint density at radius 1 is 1.42 bits per heavy atom. The highest BCUT2D eigenvalue weighted by atomic mass is 16.2. The first-order chi connectivity index (χ1) is 8.77. The minimum absolute atomic E-state index is 0.120. The molecule has 0 atom stereocenters. The maximum absolute atomic E-state index is 11.1. The first-order valence-corrected chi connectivity index (χ1v) is 6.76. The van der Waals surface area contributed by atoms with E-state index in [1.54, 1.807) is 6.92 Å². The van der Waals surface area contributed by atoms with Crippen molar-refractivity contribution in [1.82, 2.24) is 9.88 Å². The van der Waals surface area contributed by atoms with Gasteiger partial charge in [-0.15, -0.1) is 0 Å². The summed E-state index contributed by atoms with van der Waals surface area (Å²) in [5.41, 5.74) is 2.65. The fraction of sp³-hybridized carbons (Fsp3) is 0.600. The van der Waals surface area contributed by atoms with Crippen molar-refractivity contribution in [3.05, 3.63) is 23.4 Å².